The van der Waals surface area contributed by atoms with Crippen molar-refractivity contribution in [2.75, 3.05) is 6.73 Å². The van der Waals surface area contributed by atoms with Crippen molar-refractivity contribution in [2.24, 2.45) is 5.92 Å². The van der Waals surface area contributed by atoms with E-state index in [-0.39, 0.29) is 48.2 Å². The van der Waals surface area contributed by atoms with Gasteiger partial charge in [-0.25, -0.2) is 4.90 Å². The van der Waals surface area contributed by atoms with E-state index in [1.165, 1.54) is 12.2 Å². The molecule has 2 rings (SSSR count). The molecular weight excluding hydrogens is 245 g/mol. The molecular formula is C12H16NNaO4. The van der Waals surface area contributed by atoms with Crippen molar-refractivity contribution in [3.8, 4) is 0 Å². The van der Waals surface area contributed by atoms with E-state index in [0.717, 1.165) is 37.0 Å². The van der Waals surface area contributed by atoms with Crippen molar-refractivity contribution in [1.82, 2.24) is 4.90 Å². The summed E-state index contributed by atoms with van der Waals surface area (Å²) in [7, 11) is 0. The van der Waals surface area contributed by atoms with Gasteiger partial charge in [-0.3, -0.25) is 14.4 Å². The van der Waals surface area contributed by atoms with Gasteiger partial charge >= 0.3 is 35.5 Å². The molecule has 0 unspecified atom stereocenters. The number of carbonyl (C=O) groups is 3. The molecule has 2 aliphatic rings. The average Bonchev–Trinajstić information content (AvgIpc) is 2.67. The second kappa shape index (κ2) is 7.07. The van der Waals surface area contributed by atoms with Gasteiger partial charge in [0, 0.05) is 12.2 Å². The standard InChI is InChI=1S/C12H15NO4.Na.H/c14-10-6-7-11(15)13(10)8-17-12(16)9-4-2-1-3-5-9;;/h6-7,9H,1-5,8H2;;. The summed E-state index contributed by atoms with van der Waals surface area (Å²) in [4.78, 5) is 35.0. The molecule has 0 aromatic heterocycles. The van der Waals surface area contributed by atoms with Crippen LogP contribution in [-0.2, 0) is 19.1 Å². The quantitative estimate of drug-likeness (QED) is 0.417. The van der Waals surface area contributed by atoms with Gasteiger partial charge in [0.25, 0.3) is 11.8 Å². The first kappa shape index (κ1) is 15.4. The van der Waals surface area contributed by atoms with Gasteiger partial charge in [0.05, 0.1) is 5.92 Å². The van der Waals surface area contributed by atoms with Crippen molar-refractivity contribution in [2.45, 2.75) is 32.1 Å². The molecule has 5 nitrogen and oxygen atoms in total. The molecule has 94 valence electrons. The number of rotatable bonds is 3. The number of nitrogens with zero attached hydrogens (tertiary/aromatic N) is 1. The fourth-order valence-electron chi connectivity index (χ4n) is 2.14. The van der Waals surface area contributed by atoms with Gasteiger partial charge in [0.15, 0.2) is 6.73 Å². The number of carbonyl (C=O) groups excluding carboxylic acids is 3. The second-order valence-corrected chi connectivity index (χ2v) is 4.37. The van der Waals surface area contributed by atoms with Crippen LogP contribution in [0, 0.1) is 5.92 Å². The van der Waals surface area contributed by atoms with Crippen LogP contribution in [0.15, 0.2) is 12.2 Å². The SMILES string of the molecule is O=C(OCN1C(=O)C=CC1=O)C1CCCCC1.[NaH]. The van der Waals surface area contributed by atoms with E-state index in [4.69, 9.17) is 4.74 Å². The Kier molecular flexibility index (Phi) is 6.05. The minimum atomic E-state index is -0.425. The Labute approximate surface area is 128 Å². The summed E-state index contributed by atoms with van der Waals surface area (Å²) >= 11 is 0. The molecule has 0 atom stereocenters. The second-order valence-electron chi connectivity index (χ2n) is 4.37. The van der Waals surface area contributed by atoms with Crippen LogP contribution in [0.25, 0.3) is 0 Å². The van der Waals surface area contributed by atoms with Gasteiger partial charge in [-0.15, -0.1) is 0 Å². The number of ether oxygens (including phenoxy) is 1. The fourth-order valence-corrected chi connectivity index (χ4v) is 2.14. The third-order valence-electron chi connectivity index (χ3n) is 3.17. The van der Waals surface area contributed by atoms with Gasteiger partial charge in [-0.2, -0.15) is 0 Å². The van der Waals surface area contributed by atoms with E-state index in [1.807, 2.05) is 0 Å². The van der Waals surface area contributed by atoms with Crippen molar-refractivity contribution in [3.05, 3.63) is 12.2 Å². The Morgan fingerprint density at radius 2 is 1.72 bits per heavy atom. The third kappa shape index (κ3) is 3.67. The number of hydrogen-bond acceptors (Lipinski definition) is 4. The number of hydrogen-bond donors (Lipinski definition) is 0. The van der Waals surface area contributed by atoms with Crippen LogP contribution in [0.1, 0.15) is 32.1 Å². The Bertz CT molecular complexity index is 356. The van der Waals surface area contributed by atoms with Gasteiger partial charge in [0.2, 0.25) is 0 Å². The summed E-state index contributed by atoms with van der Waals surface area (Å²) in [5.41, 5.74) is 0. The molecule has 1 saturated carbocycles. The van der Waals surface area contributed by atoms with Crippen molar-refractivity contribution < 1.29 is 19.1 Å². The zero-order valence-electron chi connectivity index (χ0n) is 9.55. The van der Waals surface area contributed by atoms with E-state index in [9.17, 15) is 14.4 Å². The van der Waals surface area contributed by atoms with Crippen molar-refractivity contribution >= 4 is 47.3 Å². The number of imide groups is 1. The number of amides is 2. The minimum absolute atomic E-state index is 0. The van der Waals surface area contributed by atoms with Crippen LogP contribution >= 0.6 is 0 Å². The molecule has 18 heavy (non-hydrogen) atoms. The van der Waals surface area contributed by atoms with Crippen LogP contribution in [0.5, 0.6) is 0 Å². The van der Waals surface area contributed by atoms with Gasteiger partial charge in [-0.05, 0) is 12.8 Å². The molecule has 1 aliphatic heterocycles. The molecule has 0 N–H and O–H groups in total. The molecule has 0 saturated heterocycles. The molecule has 0 aromatic carbocycles. The molecule has 2 amide bonds. The predicted octanol–water partition coefficient (Wildman–Crippen LogP) is 0.344. The summed E-state index contributed by atoms with van der Waals surface area (Å²) in [6.07, 6.45) is 7.30. The topological polar surface area (TPSA) is 63.7 Å². The average molecular weight is 261 g/mol. The van der Waals surface area contributed by atoms with E-state index >= 15 is 0 Å². The van der Waals surface area contributed by atoms with Crippen LogP contribution < -0.4 is 0 Å². The van der Waals surface area contributed by atoms with Crippen LogP contribution in [-0.4, -0.2) is 59.0 Å². The Balaban J connectivity index is 0.00000162. The summed E-state index contributed by atoms with van der Waals surface area (Å²) in [5.74, 6) is -1.21. The van der Waals surface area contributed by atoms with Crippen molar-refractivity contribution in [3.63, 3.8) is 0 Å². The van der Waals surface area contributed by atoms with Gasteiger partial charge in [0.1, 0.15) is 0 Å². The van der Waals surface area contributed by atoms with Gasteiger partial charge in [-0.1, -0.05) is 19.3 Å². The molecule has 0 bridgehead atoms. The number of esters is 1. The third-order valence-corrected chi connectivity index (χ3v) is 3.17. The van der Waals surface area contributed by atoms with E-state index in [2.05, 4.69) is 0 Å². The molecule has 0 spiro atoms. The zero-order chi connectivity index (χ0) is 12.3. The molecule has 1 aliphatic carbocycles. The molecule has 0 aromatic rings. The Morgan fingerprint density at radius 1 is 1.17 bits per heavy atom. The summed E-state index contributed by atoms with van der Waals surface area (Å²) in [6.45, 7) is -0.264. The first-order valence-corrected chi connectivity index (χ1v) is 5.88. The first-order valence-electron chi connectivity index (χ1n) is 5.88. The monoisotopic (exact) mass is 261 g/mol. The summed E-state index contributed by atoms with van der Waals surface area (Å²) < 4.78 is 5.01. The zero-order valence-corrected chi connectivity index (χ0v) is 9.55. The first-order chi connectivity index (χ1) is 8.18. The molecule has 1 fully saturated rings. The maximum atomic E-state index is 11.7. The van der Waals surface area contributed by atoms with Gasteiger partial charge < -0.3 is 4.74 Å². The summed E-state index contributed by atoms with van der Waals surface area (Å²) in [5, 5.41) is 0. The van der Waals surface area contributed by atoms with Crippen molar-refractivity contribution in [1.29, 1.82) is 0 Å². The molecule has 6 heteroatoms. The van der Waals surface area contributed by atoms with E-state index in [0.29, 0.717) is 0 Å². The molecule has 0 radical (unpaired) electrons. The maximum absolute atomic E-state index is 11.7. The van der Waals surface area contributed by atoms with E-state index in [1.54, 1.807) is 0 Å². The van der Waals surface area contributed by atoms with E-state index < -0.39 is 11.8 Å². The fraction of sp³-hybridized carbons (Fsp3) is 0.583. The Hall–Kier alpha value is -0.650. The predicted molar refractivity (Wildman–Crippen MR) is 65.7 cm³/mol. The Morgan fingerprint density at radius 3 is 2.28 bits per heavy atom. The normalized spacial score (nSPS) is 19.9. The van der Waals surface area contributed by atoms with Crippen LogP contribution in [0.2, 0.25) is 0 Å². The van der Waals surface area contributed by atoms with Crippen LogP contribution in [0.3, 0.4) is 0 Å². The van der Waals surface area contributed by atoms with Crippen LogP contribution in [0.4, 0.5) is 0 Å². The molecule has 1 heterocycles. The summed E-state index contributed by atoms with van der Waals surface area (Å²) in [6, 6.07) is 0.